The number of alkyl halides is 6. The fraction of sp³-hybridized carbons (Fsp3) is 0.207. The molecule has 40 heavy (non-hydrogen) atoms. The van der Waals surface area contributed by atoms with E-state index in [2.05, 4.69) is 4.98 Å². The van der Waals surface area contributed by atoms with Gasteiger partial charge in [-0.3, -0.25) is 4.79 Å². The summed E-state index contributed by atoms with van der Waals surface area (Å²) < 4.78 is 88.9. The summed E-state index contributed by atoms with van der Waals surface area (Å²) in [6.45, 7) is 1.59. The van der Waals surface area contributed by atoms with E-state index in [4.69, 9.17) is 4.74 Å². The minimum atomic E-state index is -4.97. The number of hydrogen-bond acceptors (Lipinski definition) is 4. The number of hydrogen-bond donors (Lipinski definition) is 0. The van der Waals surface area contributed by atoms with E-state index in [1.165, 1.54) is 42.6 Å². The number of aryl methyl sites for hydroxylation is 2. The molecule has 0 saturated heterocycles. The second-order valence-electron chi connectivity index (χ2n) is 9.07. The average Bonchev–Trinajstić information content (AvgIpc) is 2.91. The summed E-state index contributed by atoms with van der Waals surface area (Å²) in [5, 5.41) is 9.42. The minimum absolute atomic E-state index is 0.00803. The van der Waals surface area contributed by atoms with Gasteiger partial charge in [0.05, 0.1) is 23.4 Å². The molecule has 206 valence electrons. The molecule has 11 heteroatoms. The summed E-state index contributed by atoms with van der Waals surface area (Å²) in [6.07, 6.45) is -3.79. The van der Waals surface area contributed by atoms with Gasteiger partial charge in [0.15, 0.2) is 6.67 Å². The van der Waals surface area contributed by atoms with E-state index in [0.717, 1.165) is 27.8 Å². The van der Waals surface area contributed by atoms with Crippen LogP contribution in [0.15, 0.2) is 71.7 Å². The Kier molecular flexibility index (Phi) is 7.73. The average molecular weight is 557 g/mol. The van der Waals surface area contributed by atoms with Crippen molar-refractivity contribution in [2.75, 3.05) is 6.67 Å². The quantitative estimate of drug-likeness (QED) is 0.223. The molecule has 4 aromatic rings. The molecule has 0 amide bonds. The molecular formula is C29H21F6N3O2. The summed E-state index contributed by atoms with van der Waals surface area (Å²) in [5.74, 6) is -4.39. The molecule has 0 fully saturated rings. The zero-order valence-electron chi connectivity index (χ0n) is 21.2. The Hall–Kier alpha value is -4.59. The normalized spacial score (nSPS) is 11.8. The maximum atomic E-state index is 14.0. The molecule has 2 aromatic carbocycles. The third-order valence-electron chi connectivity index (χ3n) is 6.24. The predicted molar refractivity (Wildman–Crippen MR) is 135 cm³/mol. The first-order valence-corrected chi connectivity index (χ1v) is 11.8. The second kappa shape index (κ2) is 10.9. The van der Waals surface area contributed by atoms with Crippen molar-refractivity contribution in [2.24, 2.45) is 0 Å². The monoisotopic (exact) mass is 557 g/mol. The standard InChI is InChI=1S/C29H21F6N3O2/c1-17-5-6-20(18(2)12-17)15-38-25(13-24(29(33,34)35)22(14-36)27(38)39)19-7-9-21(10-8-19)40-26-23(4-3-11-37-26)28(31,32)16-30/h3-13H,15-16H2,1-2H3. The van der Waals surface area contributed by atoms with Crippen LogP contribution in [0.1, 0.15) is 33.4 Å². The molecule has 0 atom stereocenters. The molecule has 0 saturated carbocycles. The van der Waals surface area contributed by atoms with Gasteiger partial charge in [-0.15, -0.1) is 0 Å². The zero-order valence-corrected chi connectivity index (χ0v) is 21.2. The van der Waals surface area contributed by atoms with Crippen molar-refractivity contribution < 1.29 is 31.1 Å². The Bertz CT molecular complexity index is 1650. The topological polar surface area (TPSA) is 67.9 Å². The number of aromatic nitrogens is 2. The molecule has 2 heterocycles. The lowest BCUT2D eigenvalue weighted by atomic mass is 10.0. The van der Waals surface area contributed by atoms with Crippen LogP contribution in [-0.2, 0) is 18.6 Å². The van der Waals surface area contributed by atoms with E-state index < -0.39 is 46.9 Å². The minimum Gasteiger partial charge on any atom is -0.439 e. The van der Waals surface area contributed by atoms with Crippen LogP contribution in [0.4, 0.5) is 26.3 Å². The molecule has 0 N–H and O–H groups in total. The van der Waals surface area contributed by atoms with Crippen LogP contribution >= 0.6 is 0 Å². The first-order valence-electron chi connectivity index (χ1n) is 11.8. The Morgan fingerprint density at radius 2 is 1.68 bits per heavy atom. The van der Waals surface area contributed by atoms with Gasteiger partial charge in [-0.05, 0) is 73.0 Å². The Labute approximate surface area is 224 Å². The third kappa shape index (κ3) is 5.71. The van der Waals surface area contributed by atoms with Gasteiger partial charge in [0.25, 0.3) is 5.56 Å². The lowest BCUT2D eigenvalue weighted by Gasteiger charge is -2.19. The molecular weight excluding hydrogens is 536 g/mol. The second-order valence-corrected chi connectivity index (χ2v) is 9.07. The van der Waals surface area contributed by atoms with Crippen molar-refractivity contribution in [2.45, 2.75) is 32.5 Å². The maximum Gasteiger partial charge on any atom is 0.417 e. The van der Waals surface area contributed by atoms with Crippen LogP contribution in [0.5, 0.6) is 11.6 Å². The summed E-state index contributed by atoms with van der Waals surface area (Å²) in [6, 6.07) is 15.0. The van der Waals surface area contributed by atoms with E-state index in [1.807, 2.05) is 13.0 Å². The molecule has 0 bridgehead atoms. The first kappa shape index (κ1) is 28.4. The number of nitrogens with zero attached hydrogens (tertiary/aromatic N) is 3. The predicted octanol–water partition coefficient (Wildman–Crippen LogP) is 7.32. The van der Waals surface area contributed by atoms with Crippen molar-refractivity contribution in [3.05, 3.63) is 111 Å². The fourth-order valence-corrected chi connectivity index (χ4v) is 4.20. The number of pyridine rings is 2. The largest absolute Gasteiger partial charge is 0.439 e. The van der Waals surface area contributed by atoms with Crippen molar-refractivity contribution in [1.29, 1.82) is 5.26 Å². The highest BCUT2D eigenvalue weighted by molar-refractivity contribution is 5.64. The van der Waals surface area contributed by atoms with E-state index in [9.17, 15) is 36.4 Å². The van der Waals surface area contributed by atoms with E-state index in [1.54, 1.807) is 19.1 Å². The highest BCUT2D eigenvalue weighted by Gasteiger charge is 2.37. The van der Waals surface area contributed by atoms with E-state index in [-0.39, 0.29) is 23.6 Å². The summed E-state index contributed by atoms with van der Waals surface area (Å²) in [5.41, 5.74) is -1.83. The van der Waals surface area contributed by atoms with Crippen molar-refractivity contribution in [3.8, 4) is 29.0 Å². The fourth-order valence-electron chi connectivity index (χ4n) is 4.20. The highest BCUT2D eigenvalue weighted by Crippen LogP contribution is 2.37. The molecule has 2 aromatic heterocycles. The lowest BCUT2D eigenvalue weighted by molar-refractivity contribution is -0.137. The number of rotatable bonds is 7. The van der Waals surface area contributed by atoms with Crippen molar-refractivity contribution >= 4 is 0 Å². The van der Waals surface area contributed by atoms with Gasteiger partial charge >= 0.3 is 12.1 Å². The summed E-state index contributed by atoms with van der Waals surface area (Å²) >= 11 is 0. The molecule has 0 unspecified atom stereocenters. The Morgan fingerprint density at radius 1 is 0.975 bits per heavy atom. The van der Waals surface area contributed by atoms with Crippen LogP contribution in [0.2, 0.25) is 0 Å². The summed E-state index contributed by atoms with van der Waals surface area (Å²) in [7, 11) is 0. The Morgan fingerprint density at radius 3 is 2.27 bits per heavy atom. The molecule has 0 aliphatic rings. The van der Waals surface area contributed by atoms with Gasteiger partial charge in [0.1, 0.15) is 17.4 Å². The number of halogens is 6. The third-order valence-corrected chi connectivity index (χ3v) is 6.24. The lowest BCUT2D eigenvalue weighted by Crippen LogP contribution is -2.29. The molecule has 0 spiro atoms. The zero-order chi connectivity index (χ0) is 29.2. The van der Waals surface area contributed by atoms with Gasteiger partial charge in [-0.2, -0.15) is 27.2 Å². The van der Waals surface area contributed by atoms with Crippen LogP contribution in [0.25, 0.3) is 11.3 Å². The Balaban J connectivity index is 1.81. The first-order chi connectivity index (χ1) is 18.9. The maximum absolute atomic E-state index is 14.0. The van der Waals surface area contributed by atoms with Crippen molar-refractivity contribution in [1.82, 2.24) is 9.55 Å². The number of ether oxygens (including phenoxy) is 1. The van der Waals surface area contributed by atoms with Crippen LogP contribution in [0.3, 0.4) is 0 Å². The molecule has 5 nitrogen and oxygen atoms in total. The van der Waals surface area contributed by atoms with Crippen LogP contribution < -0.4 is 10.3 Å². The molecule has 0 aliphatic carbocycles. The van der Waals surface area contributed by atoms with Crippen molar-refractivity contribution in [3.63, 3.8) is 0 Å². The number of benzene rings is 2. The van der Waals surface area contributed by atoms with E-state index >= 15 is 0 Å². The summed E-state index contributed by atoms with van der Waals surface area (Å²) in [4.78, 5) is 17.0. The van der Waals surface area contributed by atoms with Gasteiger partial charge in [0, 0.05) is 6.20 Å². The molecule has 4 rings (SSSR count). The SMILES string of the molecule is Cc1ccc(Cn2c(-c3ccc(Oc4ncccc4C(F)(F)CF)cc3)cc(C(F)(F)F)c(C#N)c2=O)c(C)c1. The smallest absolute Gasteiger partial charge is 0.417 e. The van der Waals surface area contributed by atoms with Crippen LogP contribution in [0, 0.1) is 25.2 Å². The molecule has 0 radical (unpaired) electrons. The van der Waals surface area contributed by atoms with Gasteiger partial charge in [0.2, 0.25) is 5.88 Å². The van der Waals surface area contributed by atoms with Crippen LogP contribution in [-0.4, -0.2) is 16.2 Å². The number of nitriles is 1. The van der Waals surface area contributed by atoms with E-state index in [0.29, 0.717) is 5.56 Å². The van der Waals surface area contributed by atoms with Gasteiger partial charge < -0.3 is 9.30 Å². The van der Waals surface area contributed by atoms with Gasteiger partial charge in [-0.1, -0.05) is 23.8 Å². The molecule has 0 aliphatic heterocycles. The van der Waals surface area contributed by atoms with Gasteiger partial charge in [-0.25, -0.2) is 9.37 Å². The highest BCUT2D eigenvalue weighted by atomic mass is 19.4.